The first kappa shape index (κ1) is 19.9. The molecule has 1 amide bonds. The van der Waals surface area contributed by atoms with Gasteiger partial charge in [0.15, 0.2) is 4.34 Å². The van der Waals surface area contributed by atoms with Gasteiger partial charge in [-0.15, -0.1) is 10.2 Å². The molecule has 2 heterocycles. The van der Waals surface area contributed by atoms with Crippen molar-refractivity contribution in [1.82, 2.24) is 15.1 Å². The Labute approximate surface area is 168 Å². The number of amides is 1. The van der Waals surface area contributed by atoms with Crippen molar-refractivity contribution in [2.24, 2.45) is 0 Å². The quantitative estimate of drug-likeness (QED) is 0.532. The van der Waals surface area contributed by atoms with Crippen molar-refractivity contribution in [3.63, 3.8) is 0 Å². The first-order valence-electron chi connectivity index (χ1n) is 8.99. The summed E-state index contributed by atoms with van der Waals surface area (Å²) in [4.78, 5) is 17.1. The summed E-state index contributed by atoms with van der Waals surface area (Å²) in [6, 6.07) is 10.3. The van der Waals surface area contributed by atoms with Gasteiger partial charge in [0.05, 0.1) is 11.9 Å². The van der Waals surface area contributed by atoms with Crippen LogP contribution < -0.4 is 10.2 Å². The van der Waals surface area contributed by atoms with Crippen LogP contribution in [0.15, 0.2) is 34.7 Å². The molecule has 1 aliphatic rings. The van der Waals surface area contributed by atoms with E-state index in [1.807, 2.05) is 30.0 Å². The maximum absolute atomic E-state index is 12.8. The van der Waals surface area contributed by atoms with Gasteiger partial charge in [-0.1, -0.05) is 41.3 Å². The van der Waals surface area contributed by atoms with E-state index in [1.54, 1.807) is 7.11 Å². The van der Waals surface area contributed by atoms with Crippen LogP contribution in [0.4, 0.5) is 10.8 Å². The summed E-state index contributed by atoms with van der Waals surface area (Å²) in [7, 11) is 1.66. The molecular weight excluding hydrogens is 382 g/mol. The molecule has 7 nitrogen and oxygen atoms in total. The molecule has 1 aromatic heterocycles. The topological polar surface area (TPSA) is 70.6 Å². The van der Waals surface area contributed by atoms with Gasteiger partial charge in [0.1, 0.15) is 0 Å². The minimum Gasteiger partial charge on any atom is -0.383 e. The third kappa shape index (κ3) is 5.57. The van der Waals surface area contributed by atoms with Crippen molar-refractivity contribution in [2.75, 3.05) is 56.7 Å². The van der Waals surface area contributed by atoms with Gasteiger partial charge >= 0.3 is 0 Å². The predicted octanol–water partition coefficient (Wildman–Crippen LogP) is 2.43. The van der Waals surface area contributed by atoms with Crippen molar-refractivity contribution in [2.45, 2.75) is 16.5 Å². The lowest BCUT2D eigenvalue weighted by Gasteiger charge is -2.37. The number of nitrogens with zero attached hydrogens (tertiary/aromatic N) is 4. The zero-order valence-electron chi connectivity index (χ0n) is 15.6. The Morgan fingerprint density at radius 3 is 2.70 bits per heavy atom. The number of hydrogen-bond acceptors (Lipinski definition) is 8. The molecule has 146 valence electrons. The highest BCUT2D eigenvalue weighted by atomic mass is 32.2. The molecule has 0 radical (unpaired) electrons. The molecule has 3 rings (SSSR count). The Morgan fingerprint density at radius 1 is 1.26 bits per heavy atom. The summed E-state index contributed by atoms with van der Waals surface area (Å²) < 4.78 is 5.81. The number of carbonyl (C=O) groups excluding carboxylic acids is 1. The van der Waals surface area contributed by atoms with Crippen LogP contribution in [0.5, 0.6) is 0 Å². The molecule has 0 saturated carbocycles. The standard InChI is InChI=1S/C18H25N5O2S2/c1-14(26-18-21-20-17(27-18)19-8-13-25-2)16(24)23-11-9-22(10-12-23)15-6-4-3-5-7-15/h3-7,14H,8-13H2,1-2H3,(H,19,20)/t14-/m1/s1. The monoisotopic (exact) mass is 407 g/mol. The molecule has 2 aromatic rings. The van der Waals surface area contributed by atoms with Crippen molar-refractivity contribution in [3.05, 3.63) is 30.3 Å². The summed E-state index contributed by atoms with van der Waals surface area (Å²) >= 11 is 2.94. The van der Waals surface area contributed by atoms with Crippen molar-refractivity contribution in [1.29, 1.82) is 0 Å². The molecule has 1 aliphatic heterocycles. The summed E-state index contributed by atoms with van der Waals surface area (Å²) in [6.45, 7) is 6.47. The lowest BCUT2D eigenvalue weighted by Crippen LogP contribution is -2.50. The van der Waals surface area contributed by atoms with Crippen LogP contribution >= 0.6 is 23.1 Å². The van der Waals surface area contributed by atoms with Crippen molar-refractivity contribution >= 4 is 39.8 Å². The number of carbonyl (C=O) groups is 1. The molecule has 0 bridgehead atoms. The van der Waals surface area contributed by atoms with E-state index in [2.05, 4.69) is 32.5 Å². The second-order valence-corrected chi connectivity index (χ2v) is 8.77. The second-order valence-electron chi connectivity index (χ2n) is 6.20. The zero-order valence-corrected chi connectivity index (χ0v) is 17.3. The van der Waals surface area contributed by atoms with Gasteiger partial charge in [-0.25, -0.2) is 0 Å². The van der Waals surface area contributed by atoms with Gasteiger partial charge < -0.3 is 19.9 Å². The molecule has 1 saturated heterocycles. The number of nitrogens with one attached hydrogen (secondary N) is 1. The number of ether oxygens (including phenoxy) is 1. The van der Waals surface area contributed by atoms with E-state index >= 15 is 0 Å². The van der Waals surface area contributed by atoms with Crippen molar-refractivity contribution in [3.8, 4) is 0 Å². The normalized spacial score (nSPS) is 15.6. The average molecular weight is 408 g/mol. The number of benzene rings is 1. The fourth-order valence-corrected chi connectivity index (χ4v) is 4.88. The Hall–Kier alpha value is -1.84. The molecule has 1 fully saturated rings. The van der Waals surface area contributed by atoms with Crippen LogP contribution in [-0.4, -0.2) is 72.7 Å². The fraction of sp³-hybridized carbons (Fsp3) is 0.500. The van der Waals surface area contributed by atoms with Crippen LogP contribution in [0.1, 0.15) is 6.92 Å². The largest absolute Gasteiger partial charge is 0.383 e. The first-order chi connectivity index (χ1) is 13.2. The maximum atomic E-state index is 12.8. The Bertz CT molecular complexity index is 720. The third-order valence-corrected chi connectivity index (χ3v) is 6.38. The molecule has 0 aliphatic carbocycles. The predicted molar refractivity (Wildman–Crippen MR) is 111 cm³/mol. The Morgan fingerprint density at radius 2 is 2.00 bits per heavy atom. The van der Waals surface area contributed by atoms with Crippen LogP contribution in [0, 0.1) is 0 Å². The molecular formula is C18H25N5O2S2. The number of thioether (sulfide) groups is 1. The Balaban J connectivity index is 1.47. The maximum Gasteiger partial charge on any atom is 0.235 e. The number of rotatable bonds is 8. The lowest BCUT2D eigenvalue weighted by molar-refractivity contribution is -0.130. The summed E-state index contributed by atoms with van der Waals surface area (Å²) in [6.07, 6.45) is 0. The van der Waals surface area contributed by atoms with Gasteiger partial charge in [-0.05, 0) is 19.1 Å². The number of aromatic nitrogens is 2. The number of anilines is 2. The molecule has 1 atom stereocenters. The van der Waals surface area contributed by atoms with E-state index in [1.165, 1.54) is 28.8 Å². The van der Waals surface area contributed by atoms with Gasteiger partial charge in [0, 0.05) is 45.5 Å². The van der Waals surface area contributed by atoms with E-state index in [-0.39, 0.29) is 11.2 Å². The number of para-hydroxylation sites is 1. The van der Waals surface area contributed by atoms with Crippen LogP contribution in [0.25, 0.3) is 0 Å². The fourth-order valence-electron chi connectivity index (χ4n) is 2.87. The number of hydrogen-bond donors (Lipinski definition) is 1. The molecule has 0 spiro atoms. The van der Waals surface area contributed by atoms with E-state index < -0.39 is 0 Å². The first-order valence-corrected chi connectivity index (χ1v) is 10.7. The van der Waals surface area contributed by atoms with Gasteiger partial charge in [-0.3, -0.25) is 4.79 Å². The number of methoxy groups -OCH3 is 1. The molecule has 0 unspecified atom stereocenters. The SMILES string of the molecule is COCCNc1nnc(S[C@H](C)C(=O)N2CCN(c3ccccc3)CC2)s1. The summed E-state index contributed by atoms with van der Waals surface area (Å²) in [5.41, 5.74) is 1.22. The lowest BCUT2D eigenvalue weighted by atomic mass is 10.2. The van der Waals surface area contributed by atoms with Crippen molar-refractivity contribution < 1.29 is 9.53 Å². The Kier molecular flexibility index (Phi) is 7.31. The molecule has 9 heteroatoms. The number of piperazine rings is 1. The van der Waals surface area contributed by atoms with Gasteiger partial charge in [0.25, 0.3) is 0 Å². The van der Waals surface area contributed by atoms with Crippen LogP contribution in [-0.2, 0) is 9.53 Å². The highest BCUT2D eigenvalue weighted by Crippen LogP contribution is 2.30. The van der Waals surface area contributed by atoms with E-state index in [4.69, 9.17) is 4.74 Å². The minimum atomic E-state index is -0.173. The zero-order chi connectivity index (χ0) is 19.1. The highest BCUT2D eigenvalue weighted by molar-refractivity contribution is 8.02. The average Bonchev–Trinajstić information content (AvgIpc) is 3.15. The van der Waals surface area contributed by atoms with E-state index in [0.29, 0.717) is 13.2 Å². The second kappa shape index (κ2) is 9.91. The smallest absolute Gasteiger partial charge is 0.235 e. The third-order valence-electron chi connectivity index (χ3n) is 4.33. The minimum absolute atomic E-state index is 0.164. The van der Waals surface area contributed by atoms with Gasteiger partial charge in [0.2, 0.25) is 11.0 Å². The van der Waals surface area contributed by atoms with E-state index in [9.17, 15) is 4.79 Å². The summed E-state index contributed by atoms with van der Waals surface area (Å²) in [5.74, 6) is 0.164. The van der Waals surface area contributed by atoms with Gasteiger partial charge in [-0.2, -0.15) is 0 Å². The molecule has 27 heavy (non-hydrogen) atoms. The summed E-state index contributed by atoms with van der Waals surface area (Å²) in [5, 5.41) is 12.0. The van der Waals surface area contributed by atoms with E-state index in [0.717, 1.165) is 35.7 Å². The van der Waals surface area contributed by atoms with Crippen LogP contribution in [0.2, 0.25) is 0 Å². The molecule has 1 aromatic carbocycles. The highest BCUT2D eigenvalue weighted by Gasteiger charge is 2.26. The van der Waals surface area contributed by atoms with Crippen LogP contribution in [0.3, 0.4) is 0 Å². The molecule has 1 N–H and O–H groups in total.